The minimum Gasteiger partial charge on any atom is -0.394 e. The number of benzene rings is 1. The van der Waals surface area contributed by atoms with Gasteiger partial charge in [0.15, 0.2) is 0 Å². The second-order valence-electron chi connectivity index (χ2n) is 6.50. The van der Waals surface area contributed by atoms with Crippen LogP contribution in [0.2, 0.25) is 0 Å². The first-order chi connectivity index (χ1) is 14.7. The second-order valence-corrected chi connectivity index (χ2v) is 6.50. The molecule has 8 nitrogen and oxygen atoms in total. The third kappa shape index (κ3) is 4.58. The summed E-state index contributed by atoms with van der Waals surface area (Å²) < 4.78 is 63.3. The second kappa shape index (κ2) is 8.49. The molecular weight excluding hydrogens is 393 g/mol. The lowest BCUT2D eigenvalue weighted by Crippen LogP contribution is -2.52. The minimum absolute atomic E-state index is 0.232. The van der Waals surface area contributed by atoms with Gasteiger partial charge < -0.3 is 31.7 Å². The molecule has 0 aliphatic carbocycles. The predicted octanol–water partition coefficient (Wildman–Crippen LogP) is -0.138. The van der Waals surface area contributed by atoms with Crippen LogP contribution in [0.15, 0.2) is 29.4 Å². The lowest BCUT2D eigenvalue weighted by molar-refractivity contribution is -0.277. The van der Waals surface area contributed by atoms with Crippen molar-refractivity contribution in [2.24, 2.45) is 10.7 Å². The lowest BCUT2D eigenvalue weighted by atomic mass is 9.90. The van der Waals surface area contributed by atoms with Crippen LogP contribution in [0.4, 0.5) is 13.2 Å². The SMILES string of the molecule is [2H]C([2H])([2H])c1ccc([C@](O)(CO)C(F)(F)F)cc1C1=CNC(N)C(C(=O)N[C@H](C)CO)=N1. The molecule has 1 aromatic rings. The summed E-state index contributed by atoms with van der Waals surface area (Å²) in [5, 5.41) is 33.4. The number of alkyl halides is 3. The van der Waals surface area contributed by atoms with Gasteiger partial charge in [-0.05, 0) is 31.0 Å². The van der Waals surface area contributed by atoms with Crippen LogP contribution < -0.4 is 16.4 Å². The van der Waals surface area contributed by atoms with Gasteiger partial charge >= 0.3 is 6.18 Å². The summed E-state index contributed by atoms with van der Waals surface area (Å²) in [5.41, 5.74) is 0.0420. The number of hydrogen-bond donors (Lipinski definition) is 6. The van der Waals surface area contributed by atoms with Gasteiger partial charge in [0.25, 0.3) is 5.91 Å². The van der Waals surface area contributed by atoms with E-state index >= 15 is 0 Å². The number of aliphatic hydroxyl groups excluding tert-OH is 2. The van der Waals surface area contributed by atoms with Crippen molar-refractivity contribution in [1.82, 2.24) is 10.6 Å². The molecule has 3 atom stereocenters. The van der Waals surface area contributed by atoms with Crippen molar-refractivity contribution in [1.29, 1.82) is 0 Å². The molecule has 0 saturated heterocycles. The fourth-order valence-electron chi connectivity index (χ4n) is 2.51. The number of hydrogen-bond acceptors (Lipinski definition) is 7. The van der Waals surface area contributed by atoms with E-state index in [2.05, 4.69) is 15.6 Å². The van der Waals surface area contributed by atoms with Crippen LogP contribution in [0.1, 0.15) is 27.7 Å². The molecule has 0 aromatic heterocycles. The number of aryl methyl sites for hydroxylation is 1. The van der Waals surface area contributed by atoms with E-state index in [0.29, 0.717) is 0 Å². The fraction of sp³-hybridized carbons (Fsp3) is 0.444. The van der Waals surface area contributed by atoms with Gasteiger partial charge in [-0.25, -0.2) is 4.99 Å². The lowest BCUT2D eigenvalue weighted by Gasteiger charge is -2.30. The topological polar surface area (TPSA) is 140 Å². The molecular formula is C18H23F3N4O4. The zero-order valence-corrected chi connectivity index (χ0v) is 15.3. The molecule has 7 N–H and O–H groups in total. The third-order valence-corrected chi connectivity index (χ3v) is 4.29. The number of amides is 1. The minimum atomic E-state index is -5.27. The number of aliphatic hydroxyl groups is 3. The summed E-state index contributed by atoms with van der Waals surface area (Å²) in [4.78, 5) is 16.4. The van der Waals surface area contributed by atoms with E-state index in [1.54, 1.807) is 0 Å². The highest BCUT2D eigenvalue weighted by Crippen LogP contribution is 2.40. The van der Waals surface area contributed by atoms with Crippen LogP contribution in [0.25, 0.3) is 5.70 Å². The molecule has 29 heavy (non-hydrogen) atoms. The van der Waals surface area contributed by atoms with Gasteiger partial charge in [-0.1, -0.05) is 12.1 Å². The van der Waals surface area contributed by atoms with Crippen LogP contribution in [0.3, 0.4) is 0 Å². The van der Waals surface area contributed by atoms with Gasteiger partial charge in [0.1, 0.15) is 11.9 Å². The smallest absolute Gasteiger partial charge is 0.394 e. The van der Waals surface area contributed by atoms with Gasteiger partial charge in [0, 0.05) is 21.9 Å². The maximum Gasteiger partial charge on any atom is 0.423 e. The van der Waals surface area contributed by atoms with Crippen molar-refractivity contribution >= 4 is 17.3 Å². The molecule has 160 valence electrons. The molecule has 1 heterocycles. The summed E-state index contributed by atoms with van der Waals surface area (Å²) in [6.45, 7) is -3.37. The van der Waals surface area contributed by atoms with Crippen LogP contribution in [-0.4, -0.2) is 58.5 Å². The number of aliphatic imine (C=N–C) groups is 1. The molecule has 1 unspecified atom stereocenters. The van der Waals surface area contributed by atoms with Crippen molar-refractivity contribution in [3.05, 3.63) is 41.1 Å². The summed E-state index contributed by atoms with van der Waals surface area (Å²) in [6, 6.07) is 1.70. The largest absolute Gasteiger partial charge is 0.423 e. The first-order valence-electron chi connectivity index (χ1n) is 9.93. The monoisotopic (exact) mass is 419 g/mol. The van der Waals surface area contributed by atoms with Gasteiger partial charge in [0.05, 0.1) is 18.9 Å². The molecule has 0 spiro atoms. The van der Waals surface area contributed by atoms with Gasteiger partial charge in [-0.2, -0.15) is 13.2 Å². The van der Waals surface area contributed by atoms with E-state index in [0.717, 1.165) is 24.4 Å². The molecule has 1 aliphatic rings. The first-order valence-corrected chi connectivity index (χ1v) is 8.43. The number of halogens is 3. The Morgan fingerprint density at radius 3 is 2.69 bits per heavy atom. The standard InChI is InChI=1S/C18H23F3N4O4/c1-9-3-4-11(17(29,8-27)18(19,20)21)5-12(9)13-6-23-15(22)14(25-13)16(28)24-10(2)7-26/h3-6,10,15,23,26-27,29H,7-8,22H2,1-2H3,(H,24,28)/t10-,15?,17-/m1/s1/i1D3. The van der Waals surface area contributed by atoms with Crippen molar-refractivity contribution < 1.29 is 37.4 Å². The first kappa shape index (κ1) is 18.6. The van der Waals surface area contributed by atoms with Gasteiger partial charge in [-0.3, -0.25) is 4.79 Å². The van der Waals surface area contributed by atoms with Crippen LogP contribution in [0.5, 0.6) is 0 Å². The Bertz CT molecular complexity index is 937. The van der Waals surface area contributed by atoms with Crippen molar-refractivity contribution in [3.63, 3.8) is 0 Å². The van der Waals surface area contributed by atoms with Crippen LogP contribution in [0, 0.1) is 6.85 Å². The quantitative estimate of drug-likeness (QED) is 0.379. The van der Waals surface area contributed by atoms with E-state index in [-0.39, 0.29) is 23.6 Å². The fourth-order valence-corrected chi connectivity index (χ4v) is 2.51. The summed E-state index contributed by atoms with van der Waals surface area (Å²) >= 11 is 0. The molecule has 2 rings (SSSR count). The normalized spacial score (nSPS) is 22.1. The van der Waals surface area contributed by atoms with Crippen molar-refractivity contribution in [3.8, 4) is 0 Å². The Hall–Kier alpha value is -2.47. The molecule has 0 fully saturated rings. The highest BCUT2D eigenvalue weighted by molar-refractivity contribution is 6.41. The van der Waals surface area contributed by atoms with E-state index < -0.39 is 54.5 Å². The zero-order chi connectivity index (χ0) is 24.5. The van der Waals surface area contributed by atoms with Crippen LogP contribution >= 0.6 is 0 Å². The molecule has 1 aromatic carbocycles. The average molecular weight is 419 g/mol. The van der Waals surface area contributed by atoms with Crippen molar-refractivity contribution in [2.45, 2.75) is 37.8 Å². The summed E-state index contributed by atoms with van der Waals surface area (Å²) in [5.74, 6) is -0.786. The molecule has 0 bridgehead atoms. The number of nitrogens with one attached hydrogen (secondary N) is 2. The Balaban J connectivity index is 2.65. The number of rotatable bonds is 6. The Morgan fingerprint density at radius 2 is 2.14 bits per heavy atom. The molecule has 0 saturated carbocycles. The zero-order valence-electron chi connectivity index (χ0n) is 18.3. The third-order valence-electron chi connectivity index (χ3n) is 4.29. The number of nitrogens with two attached hydrogens (primary N) is 1. The summed E-state index contributed by atoms with van der Waals surface area (Å²) in [6.07, 6.45) is -5.26. The van der Waals surface area contributed by atoms with Gasteiger partial charge in [-0.15, -0.1) is 0 Å². The average Bonchev–Trinajstić information content (AvgIpc) is 2.71. The number of carbonyl (C=O) groups excluding carboxylic acids is 1. The molecule has 0 radical (unpaired) electrons. The van der Waals surface area contributed by atoms with Gasteiger partial charge in [0.2, 0.25) is 5.60 Å². The molecule has 11 heteroatoms. The van der Waals surface area contributed by atoms with E-state index in [4.69, 9.17) is 15.0 Å². The maximum atomic E-state index is 13.4. The van der Waals surface area contributed by atoms with Crippen LogP contribution in [-0.2, 0) is 10.4 Å². The molecule has 1 amide bonds. The summed E-state index contributed by atoms with van der Waals surface area (Å²) in [7, 11) is 0. The van der Waals surface area contributed by atoms with E-state index in [1.807, 2.05) is 0 Å². The maximum absolute atomic E-state index is 13.4. The Morgan fingerprint density at radius 1 is 1.45 bits per heavy atom. The van der Waals surface area contributed by atoms with Crippen molar-refractivity contribution in [2.75, 3.05) is 13.2 Å². The highest BCUT2D eigenvalue weighted by Gasteiger charge is 2.54. The number of nitrogens with zero attached hydrogens (tertiary/aromatic N) is 1. The number of carbonyl (C=O) groups is 1. The molecule has 1 aliphatic heterocycles. The Labute approximate surface area is 169 Å². The van der Waals surface area contributed by atoms with E-state index in [9.17, 15) is 28.2 Å². The highest BCUT2D eigenvalue weighted by atomic mass is 19.4. The Kier molecular flexibility index (Phi) is 5.43. The van der Waals surface area contributed by atoms with E-state index in [1.165, 1.54) is 6.92 Å². The predicted molar refractivity (Wildman–Crippen MR) is 99.4 cm³/mol.